The number of amides is 2. The molecule has 3 heterocycles. The monoisotopic (exact) mass is 463 g/mol. The molecule has 0 radical (unpaired) electrons. The summed E-state index contributed by atoms with van der Waals surface area (Å²) in [7, 11) is 0. The Hall–Kier alpha value is -3.03. The van der Waals surface area contributed by atoms with E-state index in [1.807, 2.05) is 0 Å². The van der Waals surface area contributed by atoms with Crippen molar-refractivity contribution in [3.05, 3.63) is 47.3 Å². The number of nitrogens with one attached hydrogen (secondary N) is 2. The lowest BCUT2D eigenvalue weighted by Crippen LogP contribution is -2.72. The highest BCUT2D eigenvalue weighted by Gasteiger charge is 2.54. The molecule has 162 valence electrons. The molecule has 0 unspecified atom stereocenters. The number of carbonyl (C=O) groups excluding carboxylic acids is 2. The second kappa shape index (κ2) is 8.61. The van der Waals surface area contributed by atoms with Crippen LogP contribution in [-0.2, 0) is 14.4 Å². The van der Waals surface area contributed by atoms with Crippen molar-refractivity contribution in [3.63, 3.8) is 0 Å². The zero-order valence-corrected chi connectivity index (χ0v) is 17.7. The van der Waals surface area contributed by atoms with Gasteiger partial charge in [0.2, 0.25) is 0 Å². The maximum Gasteiger partial charge on any atom is 0.352 e. The number of aliphatic carboxylic acids is 1. The number of fused-ring (bicyclic) bond motifs is 1. The van der Waals surface area contributed by atoms with E-state index < -0.39 is 35.2 Å². The van der Waals surface area contributed by atoms with Gasteiger partial charge in [-0.05, 0) is 29.8 Å². The molecule has 0 bridgehead atoms. The lowest BCUT2D eigenvalue weighted by molar-refractivity contribution is -0.409. The summed E-state index contributed by atoms with van der Waals surface area (Å²) in [5.41, 5.74) is 5.00. The lowest BCUT2D eigenvalue weighted by atomic mass is 10.0. The average Bonchev–Trinajstić information content (AvgIpc) is 3.28. The molecule has 1 saturated heterocycles. The number of carboxylic acids is 1. The van der Waals surface area contributed by atoms with Gasteiger partial charge in [0.25, 0.3) is 11.8 Å². The van der Waals surface area contributed by atoms with Crippen molar-refractivity contribution in [1.29, 1.82) is 0 Å². The molecule has 2 aliphatic heterocycles. The van der Waals surface area contributed by atoms with Crippen molar-refractivity contribution >= 4 is 41.3 Å². The Morgan fingerprint density at radius 1 is 1.39 bits per heavy atom. The van der Waals surface area contributed by atoms with Crippen LogP contribution in [0.2, 0.25) is 0 Å². The van der Waals surface area contributed by atoms with E-state index in [-0.39, 0.29) is 11.4 Å². The second-order valence-electron chi connectivity index (χ2n) is 6.89. The summed E-state index contributed by atoms with van der Waals surface area (Å²) < 4.78 is 0. The van der Waals surface area contributed by atoms with Crippen LogP contribution in [0.3, 0.4) is 0 Å². The quantitative estimate of drug-likeness (QED) is 0.263. The maximum atomic E-state index is 12.7. The van der Waals surface area contributed by atoms with E-state index in [9.17, 15) is 24.6 Å². The van der Waals surface area contributed by atoms with Gasteiger partial charge < -0.3 is 21.3 Å². The molecular formula is C18H19N6O5S2+. The zero-order valence-electron chi connectivity index (χ0n) is 16.0. The van der Waals surface area contributed by atoms with Gasteiger partial charge in [0.1, 0.15) is 27.9 Å². The molecular weight excluding hydrogens is 444 g/mol. The molecule has 2 amide bonds. The number of benzene rings is 1. The first kappa shape index (κ1) is 21.2. The van der Waals surface area contributed by atoms with Gasteiger partial charge in [-0.1, -0.05) is 11.8 Å². The van der Waals surface area contributed by atoms with E-state index >= 15 is 0 Å². The van der Waals surface area contributed by atoms with Gasteiger partial charge in [-0.25, -0.2) is 4.79 Å². The topological polar surface area (TPSA) is 176 Å². The van der Waals surface area contributed by atoms with Gasteiger partial charge in [0.05, 0.1) is 6.20 Å². The maximum absolute atomic E-state index is 12.7. The third-order valence-electron chi connectivity index (χ3n) is 4.95. The fraction of sp³-hybridized carbons (Fsp3) is 0.278. The standard InChI is InChI=1S/C18H18N6O5S2/c19-12(8-1-3-10(25)4-2-8)15(26)21-13-16(27)24-14(18(28)29)9(7-31-17(13)24)6-30-11-5-20-23-22-11/h1-5,12-13,17,25H,6-7,19H2,(H,21,26)(H,28,29)(H,20,22,23)/p+1/t12-,13-,17-/m1/s1. The van der Waals surface area contributed by atoms with Gasteiger partial charge in [0.15, 0.2) is 6.04 Å². The van der Waals surface area contributed by atoms with E-state index in [1.54, 1.807) is 12.1 Å². The molecule has 11 nitrogen and oxygen atoms in total. The number of hydrogen-bond acceptors (Lipinski definition) is 8. The molecule has 0 aliphatic carbocycles. The number of rotatable bonds is 7. The van der Waals surface area contributed by atoms with Gasteiger partial charge in [0, 0.05) is 17.1 Å². The predicted octanol–water partition coefficient (Wildman–Crippen LogP) is -0.676. The molecule has 7 N–H and O–H groups in total. The Labute approximate surface area is 184 Å². The largest absolute Gasteiger partial charge is 0.508 e. The number of H-pyrrole nitrogens is 1. The van der Waals surface area contributed by atoms with Crippen molar-refractivity contribution < 1.29 is 30.3 Å². The highest BCUT2D eigenvalue weighted by atomic mass is 32.2. The lowest BCUT2D eigenvalue weighted by Gasteiger charge is -2.49. The molecule has 1 aromatic heterocycles. The molecule has 31 heavy (non-hydrogen) atoms. The minimum atomic E-state index is -1.18. The van der Waals surface area contributed by atoms with Crippen molar-refractivity contribution in [1.82, 2.24) is 25.6 Å². The average molecular weight is 464 g/mol. The smallest absolute Gasteiger partial charge is 0.352 e. The Morgan fingerprint density at radius 3 is 2.77 bits per heavy atom. The SMILES string of the molecule is [NH3+][C@@H](C(=O)N[C@@H]1C(=O)N2C(C(=O)O)=C(CSc3cn[nH]n3)CS[C@H]12)c1ccc(O)cc1. The first-order chi connectivity index (χ1) is 14.9. The predicted molar refractivity (Wildman–Crippen MR) is 111 cm³/mol. The number of thioether (sulfide) groups is 2. The van der Waals surface area contributed by atoms with Crippen LogP contribution in [0.1, 0.15) is 11.6 Å². The number of phenolic OH excluding ortho intramolecular Hbond substituents is 1. The summed E-state index contributed by atoms with van der Waals surface area (Å²) in [6.07, 6.45) is 1.54. The zero-order chi connectivity index (χ0) is 22.1. The second-order valence-corrected chi connectivity index (χ2v) is 9.00. The number of carboxylic acid groups (broad SMARTS) is 1. The minimum absolute atomic E-state index is 0.0417. The van der Waals surface area contributed by atoms with E-state index in [4.69, 9.17) is 0 Å². The van der Waals surface area contributed by atoms with Crippen LogP contribution < -0.4 is 11.1 Å². The Kier molecular flexibility index (Phi) is 5.89. The number of aromatic amines is 1. The summed E-state index contributed by atoms with van der Waals surface area (Å²) in [6.45, 7) is 0. The molecule has 2 aliphatic rings. The third-order valence-corrected chi connectivity index (χ3v) is 7.27. The number of phenols is 1. The summed E-state index contributed by atoms with van der Waals surface area (Å²) in [5, 5.41) is 32.0. The third kappa shape index (κ3) is 4.11. The summed E-state index contributed by atoms with van der Waals surface area (Å²) in [4.78, 5) is 38.5. The molecule has 1 fully saturated rings. The van der Waals surface area contributed by atoms with Gasteiger partial charge in [-0.2, -0.15) is 10.3 Å². The van der Waals surface area contributed by atoms with E-state index in [0.717, 1.165) is 0 Å². The molecule has 4 rings (SSSR count). The number of nitrogens with zero attached hydrogens (tertiary/aromatic N) is 3. The van der Waals surface area contributed by atoms with Crippen LogP contribution in [0.4, 0.5) is 0 Å². The Balaban J connectivity index is 1.45. The fourth-order valence-corrected chi connectivity index (χ4v) is 5.60. The number of hydrogen-bond donors (Lipinski definition) is 5. The van der Waals surface area contributed by atoms with Crippen LogP contribution in [0, 0.1) is 0 Å². The minimum Gasteiger partial charge on any atom is -0.508 e. The van der Waals surface area contributed by atoms with Crippen molar-refractivity contribution in [3.8, 4) is 5.75 Å². The Bertz CT molecular complexity index is 1040. The summed E-state index contributed by atoms with van der Waals surface area (Å²) in [6, 6.07) is 4.48. The van der Waals surface area contributed by atoms with Crippen molar-refractivity contribution in [2.24, 2.45) is 0 Å². The van der Waals surface area contributed by atoms with E-state index in [2.05, 4.69) is 26.5 Å². The molecule has 2 aromatic rings. The van der Waals surface area contributed by atoms with Crippen LogP contribution >= 0.6 is 23.5 Å². The summed E-state index contributed by atoms with van der Waals surface area (Å²) >= 11 is 2.73. The Morgan fingerprint density at radius 2 is 2.13 bits per heavy atom. The number of carbonyl (C=O) groups is 3. The first-order valence-corrected chi connectivity index (χ1v) is 11.2. The van der Waals surface area contributed by atoms with Crippen LogP contribution in [-0.4, -0.2) is 71.2 Å². The number of aromatic hydroxyl groups is 1. The molecule has 13 heteroatoms. The van der Waals surface area contributed by atoms with Gasteiger partial charge in [-0.15, -0.1) is 16.9 Å². The van der Waals surface area contributed by atoms with Crippen LogP contribution in [0.15, 0.2) is 46.8 Å². The highest BCUT2D eigenvalue weighted by Crippen LogP contribution is 2.41. The van der Waals surface area contributed by atoms with Gasteiger partial charge in [-0.3, -0.25) is 14.5 Å². The molecule has 0 spiro atoms. The molecule has 1 aromatic carbocycles. The van der Waals surface area contributed by atoms with Crippen molar-refractivity contribution in [2.45, 2.75) is 22.5 Å². The van der Waals surface area contributed by atoms with E-state index in [0.29, 0.717) is 27.7 Å². The van der Waals surface area contributed by atoms with Crippen LogP contribution in [0.5, 0.6) is 5.75 Å². The number of aromatic nitrogens is 3. The first-order valence-electron chi connectivity index (χ1n) is 9.17. The van der Waals surface area contributed by atoms with Gasteiger partial charge >= 0.3 is 5.97 Å². The highest BCUT2D eigenvalue weighted by molar-refractivity contribution is 8.01. The number of β-lactam (4-membered cyclic amide) rings is 1. The normalized spacial score (nSPS) is 21.3. The van der Waals surface area contributed by atoms with E-state index in [1.165, 1.54) is 46.8 Å². The molecule has 0 saturated carbocycles. The number of quaternary nitrogens is 1. The molecule has 3 atom stereocenters. The van der Waals surface area contributed by atoms with Crippen LogP contribution in [0.25, 0.3) is 0 Å². The van der Waals surface area contributed by atoms with Crippen molar-refractivity contribution in [2.75, 3.05) is 11.5 Å². The summed E-state index contributed by atoms with van der Waals surface area (Å²) in [5.74, 6) is -1.25. The fourth-order valence-electron chi connectivity index (χ4n) is 3.33.